The number of rotatable bonds is 2. The molecule has 2 unspecified atom stereocenters. The lowest BCUT2D eigenvalue weighted by molar-refractivity contribution is 0.0175. The van der Waals surface area contributed by atoms with Crippen molar-refractivity contribution in [1.82, 2.24) is 4.90 Å². The van der Waals surface area contributed by atoms with Crippen LogP contribution in [0.3, 0.4) is 0 Å². The molecule has 2 bridgehead atoms. The summed E-state index contributed by atoms with van der Waals surface area (Å²) in [6.45, 7) is 5.78. The van der Waals surface area contributed by atoms with Gasteiger partial charge in [0.25, 0.3) is 0 Å². The van der Waals surface area contributed by atoms with Crippen LogP contribution in [-0.4, -0.2) is 33.8 Å². The number of benzene rings is 1. The lowest BCUT2D eigenvalue weighted by atomic mass is 9.94. The Morgan fingerprint density at radius 2 is 1.96 bits per heavy atom. The number of aliphatic hydroxyl groups is 1. The number of hydrogen-bond donors (Lipinski definition) is 1. The second-order valence-electron chi connectivity index (χ2n) is 7.44. The van der Waals surface area contributed by atoms with E-state index in [1.54, 1.807) is 0 Å². The van der Waals surface area contributed by atoms with Crippen molar-refractivity contribution < 1.29 is 14.6 Å². The first kappa shape index (κ1) is 16.1. The summed E-state index contributed by atoms with van der Waals surface area (Å²) in [5.41, 5.74) is 2.94. The van der Waals surface area contributed by atoms with Gasteiger partial charge in [0.05, 0.1) is 12.6 Å². The predicted octanol–water partition coefficient (Wildman–Crippen LogP) is 3.73. The molecule has 23 heavy (non-hydrogen) atoms. The van der Waals surface area contributed by atoms with Crippen molar-refractivity contribution in [1.29, 1.82) is 0 Å². The third-order valence-corrected chi connectivity index (χ3v) is 4.51. The van der Waals surface area contributed by atoms with Gasteiger partial charge in [0.15, 0.2) is 0 Å². The van der Waals surface area contributed by atoms with Gasteiger partial charge in [0, 0.05) is 6.04 Å². The molecule has 0 spiro atoms. The SMILES string of the molecule is CC(C)(C)OC(=O)N1C2C=C(c3ccc(CO)cc3)CC1CC2. The summed E-state index contributed by atoms with van der Waals surface area (Å²) in [5, 5.41) is 9.15. The lowest BCUT2D eigenvalue weighted by Crippen LogP contribution is -2.45. The van der Waals surface area contributed by atoms with Crippen LogP contribution in [0.2, 0.25) is 0 Å². The summed E-state index contributed by atoms with van der Waals surface area (Å²) in [6.07, 6.45) is 4.91. The fourth-order valence-electron chi connectivity index (χ4n) is 3.47. The Kier molecular flexibility index (Phi) is 4.19. The van der Waals surface area contributed by atoms with E-state index in [-0.39, 0.29) is 24.8 Å². The van der Waals surface area contributed by atoms with Crippen LogP contribution >= 0.6 is 0 Å². The number of ether oxygens (including phenoxy) is 1. The topological polar surface area (TPSA) is 49.8 Å². The van der Waals surface area contributed by atoms with Crippen LogP contribution < -0.4 is 0 Å². The van der Waals surface area contributed by atoms with Gasteiger partial charge in [-0.25, -0.2) is 4.79 Å². The maximum atomic E-state index is 12.4. The minimum Gasteiger partial charge on any atom is -0.444 e. The van der Waals surface area contributed by atoms with Gasteiger partial charge >= 0.3 is 6.09 Å². The number of amides is 1. The molecule has 1 aromatic carbocycles. The molecule has 0 aliphatic carbocycles. The van der Waals surface area contributed by atoms with Crippen molar-refractivity contribution >= 4 is 11.7 Å². The van der Waals surface area contributed by atoms with Gasteiger partial charge in [0.2, 0.25) is 0 Å². The minimum atomic E-state index is -0.458. The summed E-state index contributed by atoms with van der Waals surface area (Å²) in [6, 6.07) is 8.39. The summed E-state index contributed by atoms with van der Waals surface area (Å²) in [4.78, 5) is 14.4. The maximum Gasteiger partial charge on any atom is 0.411 e. The zero-order valence-electron chi connectivity index (χ0n) is 14.1. The molecule has 2 heterocycles. The molecule has 4 nitrogen and oxygen atoms in total. The number of fused-ring (bicyclic) bond motifs is 2. The molecule has 2 aliphatic rings. The average Bonchev–Trinajstić information content (AvgIpc) is 2.76. The number of carbonyl (C=O) groups excluding carboxylic acids is 1. The van der Waals surface area contributed by atoms with E-state index >= 15 is 0 Å². The van der Waals surface area contributed by atoms with Crippen LogP contribution in [0.4, 0.5) is 4.79 Å². The average molecular weight is 315 g/mol. The molecule has 1 amide bonds. The van der Waals surface area contributed by atoms with Gasteiger partial charge < -0.3 is 9.84 Å². The molecule has 1 fully saturated rings. The van der Waals surface area contributed by atoms with E-state index < -0.39 is 5.60 Å². The van der Waals surface area contributed by atoms with E-state index in [2.05, 4.69) is 18.2 Å². The Morgan fingerprint density at radius 1 is 1.26 bits per heavy atom. The summed E-state index contributed by atoms with van der Waals surface area (Å²) < 4.78 is 5.56. The largest absolute Gasteiger partial charge is 0.444 e. The van der Waals surface area contributed by atoms with Crippen molar-refractivity contribution in [2.45, 2.75) is 64.3 Å². The highest BCUT2D eigenvalue weighted by atomic mass is 16.6. The zero-order chi connectivity index (χ0) is 16.6. The second kappa shape index (κ2) is 6.00. The first-order valence-corrected chi connectivity index (χ1v) is 8.29. The Morgan fingerprint density at radius 3 is 2.52 bits per heavy atom. The lowest BCUT2D eigenvalue weighted by Gasteiger charge is -2.35. The van der Waals surface area contributed by atoms with Gasteiger partial charge in [-0.05, 0) is 56.7 Å². The Labute approximate surface area is 137 Å². The summed E-state index contributed by atoms with van der Waals surface area (Å²) in [5.74, 6) is 0. The van der Waals surface area contributed by atoms with Crippen molar-refractivity contribution in [2.24, 2.45) is 0 Å². The molecule has 0 saturated carbocycles. The third kappa shape index (κ3) is 3.42. The van der Waals surface area contributed by atoms with Gasteiger partial charge in [-0.1, -0.05) is 30.3 Å². The van der Waals surface area contributed by atoms with Gasteiger partial charge in [-0.2, -0.15) is 0 Å². The smallest absolute Gasteiger partial charge is 0.411 e. The number of hydrogen-bond acceptors (Lipinski definition) is 3. The molecular weight excluding hydrogens is 290 g/mol. The van der Waals surface area contributed by atoms with E-state index in [1.165, 1.54) is 11.1 Å². The molecule has 1 aromatic rings. The zero-order valence-corrected chi connectivity index (χ0v) is 14.1. The molecular formula is C19H25NO3. The highest BCUT2D eigenvalue weighted by molar-refractivity contribution is 5.75. The summed E-state index contributed by atoms with van der Waals surface area (Å²) >= 11 is 0. The van der Waals surface area contributed by atoms with Crippen molar-refractivity contribution in [3.8, 4) is 0 Å². The molecule has 2 atom stereocenters. The van der Waals surface area contributed by atoms with Crippen LogP contribution in [0.25, 0.3) is 5.57 Å². The first-order chi connectivity index (χ1) is 10.9. The highest BCUT2D eigenvalue weighted by Gasteiger charge is 2.41. The van der Waals surface area contributed by atoms with Crippen LogP contribution in [0, 0.1) is 0 Å². The molecule has 0 aromatic heterocycles. The minimum absolute atomic E-state index is 0.0665. The van der Waals surface area contributed by atoms with Crippen LogP contribution in [0.15, 0.2) is 30.3 Å². The maximum absolute atomic E-state index is 12.4. The van der Waals surface area contributed by atoms with Crippen LogP contribution in [0.5, 0.6) is 0 Å². The van der Waals surface area contributed by atoms with E-state index in [0.717, 1.165) is 24.8 Å². The fraction of sp³-hybridized carbons (Fsp3) is 0.526. The van der Waals surface area contributed by atoms with Crippen LogP contribution in [-0.2, 0) is 11.3 Å². The number of nitrogens with zero attached hydrogens (tertiary/aromatic N) is 1. The quantitative estimate of drug-likeness (QED) is 0.904. The normalized spacial score (nSPS) is 23.7. The fourth-order valence-corrected chi connectivity index (χ4v) is 3.47. The van der Waals surface area contributed by atoms with Gasteiger partial charge in [0.1, 0.15) is 5.60 Å². The molecule has 3 rings (SSSR count). The van der Waals surface area contributed by atoms with E-state index in [4.69, 9.17) is 9.84 Å². The van der Waals surface area contributed by atoms with Gasteiger partial charge in [-0.3, -0.25) is 4.90 Å². The first-order valence-electron chi connectivity index (χ1n) is 8.29. The predicted molar refractivity (Wildman–Crippen MR) is 89.8 cm³/mol. The molecule has 0 radical (unpaired) electrons. The molecule has 2 aliphatic heterocycles. The van der Waals surface area contributed by atoms with Gasteiger partial charge in [-0.15, -0.1) is 0 Å². The monoisotopic (exact) mass is 315 g/mol. The molecule has 1 N–H and O–H groups in total. The molecule has 1 saturated heterocycles. The Bertz CT molecular complexity index is 612. The second-order valence-corrected chi connectivity index (χ2v) is 7.44. The van der Waals surface area contributed by atoms with Crippen molar-refractivity contribution in [2.75, 3.05) is 0 Å². The standard InChI is InChI=1S/C19H25NO3/c1-19(2,3)23-18(22)20-16-8-9-17(20)11-15(10-16)14-6-4-13(12-21)5-7-14/h4-7,10,16-17,21H,8-9,11-12H2,1-3H3. The van der Waals surface area contributed by atoms with Crippen LogP contribution in [0.1, 0.15) is 51.2 Å². The molecule has 124 valence electrons. The van der Waals surface area contributed by atoms with Crippen molar-refractivity contribution in [3.05, 3.63) is 41.5 Å². The number of carbonyl (C=O) groups is 1. The van der Waals surface area contributed by atoms with Crippen molar-refractivity contribution in [3.63, 3.8) is 0 Å². The Hall–Kier alpha value is -1.81. The third-order valence-electron chi connectivity index (χ3n) is 4.51. The highest BCUT2D eigenvalue weighted by Crippen LogP contribution is 2.39. The Balaban J connectivity index is 1.78. The van der Waals surface area contributed by atoms with E-state index in [0.29, 0.717) is 0 Å². The van der Waals surface area contributed by atoms with E-state index in [1.807, 2.05) is 37.8 Å². The molecule has 4 heteroatoms. The van der Waals surface area contributed by atoms with E-state index in [9.17, 15) is 4.79 Å². The summed E-state index contributed by atoms with van der Waals surface area (Å²) in [7, 11) is 0. The number of aliphatic hydroxyl groups excluding tert-OH is 1.